The van der Waals surface area contributed by atoms with Gasteiger partial charge in [0.2, 0.25) is 0 Å². The van der Waals surface area contributed by atoms with Crippen LogP contribution in [-0.2, 0) is 6.18 Å². The van der Waals surface area contributed by atoms with Gasteiger partial charge in [0, 0.05) is 17.3 Å². The minimum Gasteiger partial charge on any atom is -0.358 e. The van der Waals surface area contributed by atoms with Crippen LogP contribution in [-0.4, -0.2) is 28.6 Å². The summed E-state index contributed by atoms with van der Waals surface area (Å²) >= 11 is 0. The first-order valence-electron chi connectivity index (χ1n) is 8.39. The Balaban J connectivity index is 1.72. The highest BCUT2D eigenvalue weighted by Crippen LogP contribution is 2.33. The molecule has 0 aliphatic heterocycles. The zero-order valence-electron chi connectivity index (χ0n) is 14.7. The Morgan fingerprint density at radius 2 is 1.89 bits per heavy atom. The van der Waals surface area contributed by atoms with Crippen LogP contribution in [0.4, 0.5) is 13.2 Å². The molecule has 0 fully saturated rings. The molecule has 2 radical (unpaired) electrons. The molecule has 0 aliphatic carbocycles. The van der Waals surface area contributed by atoms with Gasteiger partial charge in [0.15, 0.2) is 11.6 Å². The second kappa shape index (κ2) is 6.40. The number of alkyl halides is 3. The zero-order valence-corrected chi connectivity index (χ0v) is 14.7. The van der Waals surface area contributed by atoms with Gasteiger partial charge < -0.3 is 9.97 Å². The van der Waals surface area contributed by atoms with E-state index in [9.17, 15) is 18.0 Å². The smallest absolute Gasteiger partial charge is 0.358 e. The van der Waals surface area contributed by atoms with Crippen molar-refractivity contribution >= 4 is 30.1 Å². The Kier molecular flexibility index (Phi) is 4.14. The van der Waals surface area contributed by atoms with E-state index in [-0.39, 0.29) is 5.56 Å². The molecule has 2 N–H and O–H groups in total. The molecule has 0 atom stereocenters. The number of aryl methyl sites for hydroxylation is 1. The topological polar surface area (TPSA) is 61.5 Å². The van der Waals surface area contributed by atoms with Crippen molar-refractivity contribution in [2.24, 2.45) is 0 Å². The van der Waals surface area contributed by atoms with Crippen molar-refractivity contribution < 1.29 is 18.0 Å². The lowest BCUT2D eigenvalue weighted by Gasteiger charge is -2.10. The molecule has 0 spiro atoms. The van der Waals surface area contributed by atoms with Gasteiger partial charge >= 0.3 is 6.18 Å². The van der Waals surface area contributed by atoms with Crippen LogP contribution in [0, 0.1) is 6.92 Å². The molecule has 28 heavy (non-hydrogen) atoms. The Bertz CT molecular complexity index is 1170. The maximum atomic E-state index is 13.2. The summed E-state index contributed by atoms with van der Waals surface area (Å²) in [6, 6.07) is 9.79. The number of rotatable bonds is 3. The first-order chi connectivity index (χ1) is 13.2. The number of ketones is 1. The van der Waals surface area contributed by atoms with Gasteiger partial charge in [0.05, 0.1) is 22.3 Å². The van der Waals surface area contributed by atoms with E-state index in [1.165, 1.54) is 30.5 Å². The fraction of sp³-hybridized carbons (Fsp3) is 0.100. The summed E-state index contributed by atoms with van der Waals surface area (Å²) in [5, 5.41) is 0. The van der Waals surface area contributed by atoms with Crippen LogP contribution >= 0.6 is 0 Å². The van der Waals surface area contributed by atoms with Crippen molar-refractivity contribution in [3.05, 3.63) is 70.9 Å². The molecule has 8 heteroatoms. The van der Waals surface area contributed by atoms with Crippen LogP contribution in [0.1, 0.15) is 27.0 Å². The summed E-state index contributed by atoms with van der Waals surface area (Å²) < 4.78 is 39.6. The van der Waals surface area contributed by atoms with Crippen molar-refractivity contribution in [3.63, 3.8) is 0 Å². The van der Waals surface area contributed by atoms with Gasteiger partial charge in [0.1, 0.15) is 7.85 Å². The van der Waals surface area contributed by atoms with E-state index in [2.05, 4.69) is 15.0 Å². The highest BCUT2D eigenvalue weighted by molar-refractivity contribution is 6.34. The average Bonchev–Trinajstić information content (AvgIpc) is 3.28. The van der Waals surface area contributed by atoms with Crippen LogP contribution in [0.25, 0.3) is 22.6 Å². The molecule has 4 aromatic rings. The molecule has 2 heterocycles. The van der Waals surface area contributed by atoms with Crippen molar-refractivity contribution in [1.82, 2.24) is 15.0 Å². The molecular formula is C20H13BF3N3O. The van der Waals surface area contributed by atoms with E-state index in [1.807, 2.05) is 13.0 Å². The number of carbonyl (C=O) groups excluding carboxylic acids is 1. The SMILES string of the molecule is [B]c1cc2[nH]c(-c3cc(C(=O)c4ccccc4C(F)(F)F)c[nH]3)nc2cc1C. The van der Waals surface area contributed by atoms with Crippen molar-refractivity contribution in [1.29, 1.82) is 0 Å². The van der Waals surface area contributed by atoms with E-state index in [4.69, 9.17) is 7.85 Å². The standard InChI is InChI=1S/C20H13BF3N3O/c1-10-6-15-16(8-14(10)21)27-19(26-15)17-7-11(9-25-17)18(28)12-4-2-3-5-13(12)20(22,23)24/h2-9,25H,1H3,(H,26,27). The number of aromatic amines is 2. The predicted octanol–water partition coefficient (Wildman–Crippen LogP) is 3.91. The maximum Gasteiger partial charge on any atom is 0.417 e. The number of fused-ring (bicyclic) bond motifs is 1. The maximum absolute atomic E-state index is 13.2. The zero-order chi connectivity index (χ0) is 20.1. The molecule has 2 aromatic carbocycles. The molecule has 2 aromatic heterocycles. The number of aromatic nitrogens is 3. The van der Waals surface area contributed by atoms with Crippen LogP contribution in [0.15, 0.2) is 48.7 Å². The highest BCUT2D eigenvalue weighted by Gasteiger charge is 2.35. The summed E-state index contributed by atoms with van der Waals surface area (Å²) in [5.74, 6) is -0.255. The molecule has 0 amide bonds. The lowest BCUT2D eigenvalue weighted by atomic mass is 9.91. The molecule has 0 bridgehead atoms. The molecule has 4 nitrogen and oxygen atoms in total. The van der Waals surface area contributed by atoms with Crippen LogP contribution in [0.3, 0.4) is 0 Å². The highest BCUT2D eigenvalue weighted by atomic mass is 19.4. The summed E-state index contributed by atoms with van der Waals surface area (Å²) in [6.45, 7) is 1.87. The first-order valence-corrected chi connectivity index (χ1v) is 8.39. The largest absolute Gasteiger partial charge is 0.417 e. The fourth-order valence-corrected chi connectivity index (χ4v) is 3.05. The normalized spacial score (nSPS) is 11.9. The molecule has 4 rings (SSSR count). The monoisotopic (exact) mass is 379 g/mol. The lowest BCUT2D eigenvalue weighted by Crippen LogP contribution is -2.13. The number of nitrogens with one attached hydrogen (secondary N) is 2. The number of halogens is 3. The fourth-order valence-electron chi connectivity index (χ4n) is 3.05. The molecular weight excluding hydrogens is 366 g/mol. The number of nitrogens with zero attached hydrogens (tertiary/aromatic N) is 1. The minimum atomic E-state index is -4.61. The van der Waals surface area contributed by atoms with Gasteiger partial charge in [-0.15, -0.1) is 0 Å². The van der Waals surface area contributed by atoms with Crippen molar-refractivity contribution in [2.45, 2.75) is 13.1 Å². The Morgan fingerprint density at radius 1 is 1.14 bits per heavy atom. The Morgan fingerprint density at radius 3 is 2.64 bits per heavy atom. The number of H-pyrrole nitrogens is 2. The van der Waals surface area contributed by atoms with Gasteiger partial charge in [-0.25, -0.2) is 4.98 Å². The number of carbonyl (C=O) groups is 1. The number of benzene rings is 2. The average molecular weight is 379 g/mol. The Hall–Kier alpha value is -3.29. The van der Waals surface area contributed by atoms with Gasteiger partial charge in [-0.05, 0) is 31.2 Å². The quantitative estimate of drug-likeness (QED) is 0.419. The Labute approximate surface area is 159 Å². The predicted molar refractivity (Wildman–Crippen MR) is 101 cm³/mol. The summed E-state index contributed by atoms with van der Waals surface area (Å²) in [7, 11) is 5.90. The van der Waals surface area contributed by atoms with Crippen molar-refractivity contribution in [2.75, 3.05) is 0 Å². The lowest BCUT2D eigenvalue weighted by molar-refractivity contribution is -0.137. The van der Waals surface area contributed by atoms with Crippen LogP contribution in [0.2, 0.25) is 0 Å². The molecule has 0 saturated carbocycles. The minimum absolute atomic E-state index is 0.114. The number of hydrogen-bond acceptors (Lipinski definition) is 2. The van der Waals surface area contributed by atoms with E-state index in [0.29, 0.717) is 22.5 Å². The van der Waals surface area contributed by atoms with E-state index in [0.717, 1.165) is 17.1 Å². The van der Waals surface area contributed by atoms with Crippen LogP contribution in [0.5, 0.6) is 0 Å². The third-order valence-electron chi connectivity index (χ3n) is 4.55. The number of imidazole rings is 1. The molecule has 0 aliphatic rings. The van der Waals surface area contributed by atoms with E-state index >= 15 is 0 Å². The summed E-state index contributed by atoms with van der Waals surface area (Å²) in [5.41, 5.74) is 2.18. The third-order valence-corrected chi connectivity index (χ3v) is 4.55. The van der Waals surface area contributed by atoms with Gasteiger partial charge in [0.25, 0.3) is 0 Å². The van der Waals surface area contributed by atoms with Crippen molar-refractivity contribution in [3.8, 4) is 11.5 Å². The summed E-state index contributed by atoms with van der Waals surface area (Å²) in [4.78, 5) is 23.1. The van der Waals surface area contributed by atoms with Gasteiger partial charge in [-0.2, -0.15) is 13.2 Å². The third kappa shape index (κ3) is 3.11. The van der Waals surface area contributed by atoms with E-state index < -0.39 is 23.1 Å². The van der Waals surface area contributed by atoms with Crippen LogP contribution < -0.4 is 5.46 Å². The molecule has 0 saturated heterocycles. The molecule has 0 unspecified atom stereocenters. The van der Waals surface area contributed by atoms with Gasteiger partial charge in [-0.1, -0.05) is 29.2 Å². The van der Waals surface area contributed by atoms with E-state index in [1.54, 1.807) is 6.07 Å². The second-order valence-electron chi connectivity index (χ2n) is 6.49. The molecule has 138 valence electrons. The first kappa shape index (κ1) is 18.1. The number of hydrogen-bond donors (Lipinski definition) is 2. The van der Waals surface area contributed by atoms with Gasteiger partial charge in [-0.3, -0.25) is 4.79 Å². The summed E-state index contributed by atoms with van der Waals surface area (Å²) in [6.07, 6.45) is -3.24. The second-order valence-corrected chi connectivity index (χ2v) is 6.49.